The fourth-order valence-corrected chi connectivity index (χ4v) is 6.15. The van der Waals surface area contributed by atoms with Crippen molar-refractivity contribution in [3.63, 3.8) is 0 Å². The van der Waals surface area contributed by atoms with Crippen LogP contribution in [0.1, 0.15) is 45.1 Å². The van der Waals surface area contributed by atoms with Crippen LogP contribution in [0.3, 0.4) is 0 Å². The second-order valence-electron chi connectivity index (χ2n) is 8.43. The number of Topliss-reactive ketones (excluding diaryl/α,β-unsaturated/α-hetero) is 1. The van der Waals surface area contributed by atoms with Gasteiger partial charge >= 0.3 is 0 Å². The fourth-order valence-electron chi connectivity index (χ4n) is 4.48. The van der Waals surface area contributed by atoms with Crippen LogP contribution in [0.5, 0.6) is 0 Å². The normalized spacial score (nSPS) is 15.7. The Morgan fingerprint density at radius 2 is 1.62 bits per heavy atom. The summed E-state index contributed by atoms with van der Waals surface area (Å²) in [4.78, 5) is 24.8. The second kappa shape index (κ2) is 9.09. The molecule has 8 nitrogen and oxygen atoms in total. The van der Waals surface area contributed by atoms with Gasteiger partial charge in [-0.3, -0.25) is 19.8 Å². The van der Waals surface area contributed by atoms with Crippen molar-refractivity contribution >= 4 is 21.5 Å². The molecule has 9 heteroatoms. The molecule has 0 bridgehead atoms. The lowest BCUT2D eigenvalue weighted by atomic mass is 9.91. The molecule has 3 rings (SSSR count). The molecule has 0 aliphatic carbocycles. The number of carbonyl (C=O) groups excluding carboxylic acids is 1. The Hall–Kier alpha value is -2.62. The largest absolute Gasteiger partial charge is 0.296 e. The van der Waals surface area contributed by atoms with Crippen LogP contribution >= 0.6 is 0 Å². The van der Waals surface area contributed by atoms with Crippen molar-refractivity contribution in [3.8, 4) is 0 Å². The van der Waals surface area contributed by atoms with Gasteiger partial charge in [0.05, 0.1) is 9.82 Å². The molecule has 1 saturated heterocycles. The second-order valence-corrected chi connectivity index (χ2v) is 10.3. The van der Waals surface area contributed by atoms with Crippen LogP contribution in [0, 0.1) is 37.8 Å². The summed E-state index contributed by atoms with van der Waals surface area (Å²) in [7, 11) is -3.83. The van der Waals surface area contributed by atoms with E-state index in [4.69, 9.17) is 0 Å². The standard InChI is InChI=1S/C23H29N3O5S/c1-15-6-7-20(26(28)29)13-22(15)32(30,31)25-10-8-24(9-11-25)14-21-16(2)12-17(3)23(18(21)4)19(5)27/h6-7,12-13H,8-11,14H2,1-5H3. The van der Waals surface area contributed by atoms with E-state index in [0.717, 1.165) is 33.9 Å². The molecule has 172 valence electrons. The number of nitro groups is 1. The van der Waals surface area contributed by atoms with E-state index in [-0.39, 0.29) is 16.4 Å². The van der Waals surface area contributed by atoms with Crippen LogP contribution in [0.15, 0.2) is 29.2 Å². The summed E-state index contributed by atoms with van der Waals surface area (Å²) in [6.07, 6.45) is 0. The smallest absolute Gasteiger partial charge is 0.270 e. The Balaban J connectivity index is 1.78. The Kier molecular flexibility index (Phi) is 6.83. The van der Waals surface area contributed by atoms with Crippen molar-refractivity contribution in [1.82, 2.24) is 9.21 Å². The number of ketones is 1. The summed E-state index contributed by atoms with van der Waals surface area (Å²) < 4.78 is 27.7. The molecular formula is C23H29N3O5S. The predicted octanol–water partition coefficient (Wildman–Crippen LogP) is 3.54. The first-order valence-electron chi connectivity index (χ1n) is 10.5. The number of carbonyl (C=O) groups is 1. The van der Waals surface area contributed by atoms with Gasteiger partial charge in [0.1, 0.15) is 0 Å². The Morgan fingerprint density at radius 3 is 2.19 bits per heavy atom. The van der Waals surface area contributed by atoms with Crippen molar-refractivity contribution in [2.75, 3.05) is 26.2 Å². The molecule has 0 spiro atoms. The van der Waals surface area contributed by atoms with Gasteiger partial charge in [0.25, 0.3) is 5.69 Å². The van der Waals surface area contributed by atoms with E-state index < -0.39 is 14.9 Å². The van der Waals surface area contributed by atoms with E-state index >= 15 is 0 Å². The molecule has 2 aromatic rings. The van der Waals surface area contributed by atoms with Gasteiger partial charge in [-0.2, -0.15) is 4.31 Å². The van der Waals surface area contributed by atoms with Gasteiger partial charge in [-0.15, -0.1) is 0 Å². The fraction of sp³-hybridized carbons (Fsp3) is 0.435. The van der Waals surface area contributed by atoms with E-state index in [1.54, 1.807) is 13.8 Å². The molecule has 32 heavy (non-hydrogen) atoms. The highest BCUT2D eigenvalue weighted by molar-refractivity contribution is 7.89. The van der Waals surface area contributed by atoms with Crippen molar-refractivity contribution in [2.24, 2.45) is 0 Å². The Morgan fingerprint density at radius 1 is 1.00 bits per heavy atom. The maximum atomic E-state index is 13.2. The number of nitrogens with zero attached hydrogens (tertiary/aromatic N) is 3. The molecule has 1 aliphatic rings. The van der Waals surface area contributed by atoms with Gasteiger partial charge in [0, 0.05) is 50.4 Å². The molecule has 1 heterocycles. The van der Waals surface area contributed by atoms with Crippen LogP contribution in [0.4, 0.5) is 5.69 Å². The number of benzene rings is 2. The van der Waals surface area contributed by atoms with Crippen LogP contribution < -0.4 is 0 Å². The van der Waals surface area contributed by atoms with Crippen molar-refractivity contribution in [2.45, 2.75) is 46.1 Å². The molecule has 0 aromatic heterocycles. The first kappa shape index (κ1) is 24.0. The van der Waals surface area contributed by atoms with Crippen molar-refractivity contribution < 1.29 is 18.1 Å². The third-order valence-corrected chi connectivity index (χ3v) is 8.24. The molecule has 0 amide bonds. The number of aryl methyl sites for hydroxylation is 3. The highest BCUT2D eigenvalue weighted by Gasteiger charge is 2.31. The lowest BCUT2D eigenvalue weighted by Crippen LogP contribution is -2.48. The summed E-state index contributed by atoms with van der Waals surface area (Å²) >= 11 is 0. The quantitative estimate of drug-likeness (QED) is 0.372. The van der Waals surface area contributed by atoms with Gasteiger partial charge in [-0.05, 0) is 62.4 Å². The minimum absolute atomic E-state index is 0.0172. The highest BCUT2D eigenvalue weighted by atomic mass is 32.2. The molecule has 2 aromatic carbocycles. The van der Waals surface area contributed by atoms with E-state index in [0.29, 0.717) is 38.3 Å². The topological polar surface area (TPSA) is 101 Å². The highest BCUT2D eigenvalue weighted by Crippen LogP contribution is 2.27. The molecule has 0 N–H and O–H groups in total. The lowest BCUT2D eigenvalue weighted by Gasteiger charge is -2.35. The van der Waals surface area contributed by atoms with E-state index in [2.05, 4.69) is 4.90 Å². The van der Waals surface area contributed by atoms with Gasteiger partial charge < -0.3 is 0 Å². The number of non-ortho nitro benzene ring substituents is 1. The van der Waals surface area contributed by atoms with Gasteiger partial charge in [-0.25, -0.2) is 8.42 Å². The van der Waals surface area contributed by atoms with Crippen LogP contribution in [0.2, 0.25) is 0 Å². The molecular weight excluding hydrogens is 430 g/mol. The van der Waals surface area contributed by atoms with E-state index in [1.807, 2.05) is 26.8 Å². The zero-order chi connectivity index (χ0) is 23.8. The van der Waals surface area contributed by atoms with Crippen molar-refractivity contribution in [3.05, 3.63) is 67.8 Å². The number of sulfonamides is 1. The number of hydrogen-bond donors (Lipinski definition) is 0. The van der Waals surface area contributed by atoms with Crippen LogP contribution in [0.25, 0.3) is 0 Å². The number of piperazine rings is 1. The first-order valence-corrected chi connectivity index (χ1v) is 12.0. The summed E-state index contributed by atoms with van der Waals surface area (Å²) in [5.41, 5.74) is 5.18. The predicted molar refractivity (Wildman–Crippen MR) is 123 cm³/mol. The average Bonchev–Trinajstić information content (AvgIpc) is 2.71. The lowest BCUT2D eigenvalue weighted by molar-refractivity contribution is -0.385. The molecule has 0 radical (unpaired) electrons. The third kappa shape index (κ3) is 4.60. The van der Waals surface area contributed by atoms with Crippen LogP contribution in [-0.2, 0) is 16.6 Å². The number of rotatable bonds is 6. The van der Waals surface area contributed by atoms with Gasteiger partial charge in [0.15, 0.2) is 5.78 Å². The minimum Gasteiger partial charge on any atom is -0.296 e. The Bertz CT molecular complexity index is 1180. The van der Waals surface area contributed by atoms with Gasteiger partial charge in [0.2, 0.25) is 10.0 Å². The van der Waals surface area contributed by atoms with E-state index in [9.17, 15) is 23.3 Å². The van der Waals surface area contributed by atoms with Crippen molar-refractivity contribution in [1.29, 1.82) is 0 Å². The summed E-state index contributed by atoms with van der Waals surface area (Å²) in [6.45, 7) is 11.5. The molecule has 1 fully saturated rings. The number of hydrogen-bond acceptors (Lipinski definition) is 6. The van der Waals surface area contributed by atoms with Crippen LogP contribution in [-0.4, -0.2) is 54.5 Å². The molecule has 0 saturated carbocycles. The monoisotopic (exact) mass is 459 g/mol. The molecule has 0 atom stereocenters. The minimum atomic E-state index is -3.83. The van der Waals surface area contributed by atoms with E-state index in [1.165, 1.54) is 16.4 Å². The molecule has 0 unspecified atom stereocenters. The maximum Gasteiger partial charge on any atom is 0.270 e. The van der Waals surface area contributed by atoms with Gasteiger partial charge in [-0.1, -0.05) is 12.1 Å². The molecule has 1 aliphatic heterocycles. The first-order chi connectivity index (χ1) is 14.9. The zero-order valence-electron chi connectivity index (χ0n) is 19.1. The maximum absolute atomic E-state index is 13.2. The summed E-state index contributed by atoms with van der Waals surface area (Å²) in [5.74, 6) is 0.0458. The Labute approximate surface area is 189 Å². The zero-order valence-corrected chi connectivity index (χ0v) is 20.0. The average molecular weight is 460 g/mol. The number of nitro benzene ring substituents is 1. The SMILES string of the molecule is CC(=O)c1c(C)cc(C)c(CN2CCN(S(=O)(=O)c3cc([N+](=O)[O-])ccc3C)CC2)c1C. The summed E-state index contributed by atoms with van der Waals surface area (Å²) in [6, 6.07) is 5.95. The summed E-state index contributed by atoms with van der Waals surface area (Å²) in [5, 5.41) is 11.1. The third-order valence-electron chi connectivity index (χ3n) is 6.20.